The zero-order chi connectivity index (χ0) is 17.5. The quantitative estimate of drug-likeness (QED) is 0.779. The number of aliphatic hydroxyl groups is 1. The van der Waals surface area contributed by atoms with Gasteiger partial charge in [-0.25, -0.2) is 0 Å². The van der Waals surface area contributed by atoms with Crippen LogP contribution in [0.4, 0.5) is 0 Å². The van der Waals surface area contributed by atoms with Crippen LogP contribution in [0, 0.1) is 0 Å². The van der Waals surface area contributed by atoms with Crippen molar-refractivity contribution in [3.05, 3.63) is 23.8 Å². The third-order valence-electron chi connectivity index (χ3n) is 4.16. The number of nitrogens with one attached hydrogen (secondary N) is 1. The lowest BCUT2D eigenvalue weighted by molar-refractivity contribution is -0.117. The molecule has 2 rings (SSSR count). The third-order valence-corrected chi connectivity index (χ3v) is 4.16. The topological polar surface area (TPSA) is 77.0 Å². The van der Waals surface area contributed by atoms with Crippen LogP contribution < -0.4 is 19.5 Å². The number of carbonyl (C=O) groups is 1. The van der Waals surface area contributed by atoms with Crippen LogP contribution in [0.2, 0.25) is 0 Å². The Hall–Kier alpha value is -2.21. The second kappa shape index (κ2) is 8.59. The number of benzene rings is 1. The summed E-state index contributed by atoms with van der Waals surface area (Å²) < 4.78 is 15.9. The van der Waals surface area contributed by atoms with E-state index in [0.717, 1.165) is 31.2 Å². The lowest BCUT2D eigenvalue weighted by Gasteiger charge is -2.25. The molecular formula is C18H25NO5. The molecule has 0 unspecified atom stereocenters. The summed E-state index contributed by atoms with van der Waals surface area (Å²) in [4.78, 5) is 12.1. The van der Waals surface area contributed by atoms with Gasteiger partial charge in [0.05, 0.1) is 27.4 Å². The van der Waals surface area contributed by atoms with Gasteiger partial charge in [0, 0.05) is 12.1 Å². The highest BCUT2D eigenvalue weighted by Crippen LogP contribution is 2.38. The standard InChI is InChI=1S/C18H25NO5/c1-22-15-10-12(11-16(23-2)18(15)24-3)4-9-17(21)19-13-5-7-14(20)8-6-13/h4,9-11,13-14,20H,5-8H2,1-3H3,(H,19,21). The van der Waals surface area contributed by atoms with Gasteiger partial charge in [0.1, 0.15) is 0 Å². The largest absolute Gasteiger partial charge is 0.493 e. The Labute approximate surface area is 142 Å². The van der Waals surface area contributed by atoms with E-state index in [1.165, 1.54) is 6.08 Å². The predicted octanol–water partition coefficient (Wildman–Crippen LogP) is 2.15. The fourth-order valence-corrected chi connectivity index (χ4v) is 2.84. The first-order valence-electron chi connectivity index (χ1n) is 8.04. The minimum Gasteiger partial charge on any atom is -0.493 e. The highest BCUT2D eigenvalue weighted by Gasteiger charge is 2.20. The number of ether oxygens (including phenoxy) is 3. The first kappa shape index (κ1) is 18.1. The fourth-order valence-electron chi connectivity index (χ4n) is 2.84. The zero-order valence-corrected chi connectivity index (χ0v) is 14.4. The average molecular weight is 335 g/mol. The Morgan fingerprint density at radius 1 is 1.08 bits per heavy atom. The normalized spacial score (nSPS) is 20.7. The molecular weight excluding hydrogens is 310 g/mol. The molecule has 6 nitrogen and oxygen atoms in total. The van der Waals surface area contributed by atoms with Gasteiger partial charge in [-0.1, -0.05) is 0 Å². The minimum absolute atomic E-state index is 0.130. The smallest absolute Gasteiger partial charge is 0.244 e. The van der Waals surface area contributed by atoms with Gasteiger partial charge in [0.15, 0.2) is 11.5 Å². The summed E-state index contributed by atoms with van der Waals surface area (Å²) in [7, 11) is 4.65. The van der Waals surface area contributed by atoms with Gasteiger partial charge in [-0.3, -0.25) is 4.79 Å². The summed E-state index contributed by atoms with van der Waals surface area (Å²) in [6.45, 7) is 0. The van der Waals surface area contributed by atoms with E-state index in [1.54, 1.807) is 39.5 Å². The molecule has 1 fully saturated rings. The molecule has 0 saturated heterocycles. The second-order valence-electron chi connectivity index (χ2n) is 5.81. The number of hydrogen-bond donors (Lipinski definition) is 2. The van der Waals surface area contributed by atoms with Crippen LogP contribution in [0.25, 0.3) is 6.08 Å². The molecule has 24 heavy (non-hydrogen) atoms. The number of carbonyl (C=O) groups excluding carboxylic acids is 1. The van der Waals surface area contributed by atoms with Gasteiger partial charge in [0.25, 0.3) is 0 Å². The van der Waals surface area contributed by atoms with Gasteiger partial charge in [0.2, 0.25) is 11.7 Å². The van der Waals surface area contributed by atoms with Crippen LogP contribution >= 0.6 is 0 Å². The van der Waals surface area contributed by atoms with Crippen molar-refractivity contribution in [2.75, 3.05) is 21.3 Å². The summed E-state index contributed by atoms with van der Waals surface area (Å²) in [5.41, 5.74) is 0.777. The van der Waals surface area contributed by atoms with E-state index in [2.05, 4.69) is 5.32 Å². The predicted molar refractivity (Wildman–Crippen MR) is 91.5 cm³/mol. The van der Waals surface area contributed by atoms with E-state index < -0.39 is 0 Å². The highest BCUT2D eigenvalue weighted by atomic mass is 16.5. The highest BCUT2D eigenvalue weighted by molar-refractivity contribution is 5.92. The van der Waals surface area contributed by atoms with Crippen molar-refractivity contribution >= 4 is 12.0 Å². The lowest BCUT2D eigenvalue weighted by Crippen LogP contribution is -2.37. The number of rotatable bonds is 6. The Bertz CT molecular complexity index is 566. The van der Waals surface area contributed by atoms with Gasteiger partial charge in [-0.05, 0) is 49.5 Å². The van der Waals surface area contributed by atoms with Crippen molar-refractivity contribution < 1.29 is 24.1 Å². The Kier molecular flexibility index (Phi) is 6.49. The first-order chi connectivity index (χ1) is 11.6. The lowest BCUT2D eigenvalue weighted by atomic mass is 9.93. The van der Waals surface area contributed by atoms with Crippen LogP contribution in [-0.2, 0) is 4.79 Å². The van der Waals surface area contributed by atoms with Gasteiger partial charge >= 0.3 is 0 Å². The van der Waals surface area contributed by atoms with E-state index in [4.69, 9.17) is 14.2 Å². The molecule has 6 heteroatoms. The fraction of sp³-hybridized carbons (Fsp3) is 0.500. The maximum atomic E-state index is 12.1. The van der Waals surface area contributed by atoms with Crippen molar-refractivity contribution in [2.45, 2.75) is 37.8 Å². The van der Waals surface area contributed by atoms with Gasteiger partial charge < -0.3 is 24.6 Å². The average Bonchev–Trinajstić information content (AvgIpc) is 2.60. The van der Waals surface area contributed by atoms with Crippen molar-refractivity contribution in [1.82, 2.24) is 5.32 Å². The molecule has 0 bridgehead atoms. The van der Waals surface area contributed by atoms with Crippen LogP contribution in [0.3, 0.4) is 0 Å². The molecule has 0 aliphatic heterocycles. The van der Waals surface area contributed by atoms with Crippen LogP contribution in [-0.4, -0.2) is 44.5 Å². The molecule has 1 aromatic carbocycles. The molecule has 0 radical (unpaired) electrons. The summed E-state index contributed by atoms with van der Waals surface area (Å²) in [5, 5.41) is 12.5. The maximum Gasteiger partial charge on any atom is 0.244 e. The van der Waals surface area contributed by atoms with E-state index in [0.29, 0.717) is 17.2 Å². The Morgan fingerprint density at radius 3 is 2.17 bits per heavy atom. The number of amides is 1. The van der Waals surface area contributed by atoms with E-state index in [1.807, 2.05) is 0 Å². The molecule has 0 heterocycles. The summed E-state index contributed by atoms with van der Waals surface area (Å²) in [5.74, 6) is 1.45. The minimum atomic E-state index is -0.229. The van der Waals surface area contributed by atoms with Crippen molar-refractivity contribution in [3.8, 4) is 17.2 Å². The van der Waals surface area contributed by atoms with Crippen molar-refractivity contribution in [3.63, 3.8) is 0 Å². The number of methoxy groups -OCH3 is 3. The van der Waals surface area contributed by atoms with E-state index in [-0.39, 0.29) is 18.1 Å². The monoisotopic (exact) mass is 335 g/mol. The van der Waals surface area contributed by atoms with Crippen molar-refractivity contribution in [1.29, 1.82) is 0 Å². The Balaban J connectivity index is 2.04. The van der Waals surface area contributed by atoms with Crippen molar-refractivity contribution in [2.24, 2.45) is 0 Å². The van der Waals surface area contributed by atoms with Gasteiger partial charge in [-0.2, -0.15) is 0 Å². The van der Waals surface area contributed by atoms with Crippen LogP contribution in [0.15, 0.2) is 18.2 Å². The summed E-state index contributed by atoms with van der Waals surface area (Å²) in [6.07, 6.45) is 6.07. The summed E-state index contributed by atoms with van der Waals surface area (Å²) in [6, 6.07) is 3.69. The second-order valence-corrected chi connectivity index (χ2v) is 5.81. The number of hydrogen-bond acceptors (Lipinski definition) is 5. The molecule has 2 N–H and O–H groups in total. The molecule has 1 amide bonds. The molecule has 0 aromatic heterocycles. The number of aliphatic hydroxyl groups excluding tert-OH is 1. The molecule has 1 saturated carbocycles. The van der Waals surface area contributed by atoms with E-state index >= 15 is 0 Å². The first-order valence-corrected chi connectivity index (χ1v) is 8.04. The maximum absolute atomic E-state index is 12.1. The molecule has 1 aromatic rings. The van der Waals surface area contributed by atoms with Gasteiger partial charge in [-0.15, -0.1) is 0 Å². The zero-order valence-electron chi connectivity index (χ0n) is 14.4. The molecule has 1 aliphatic carbocycles. The van der Waals surface area contributed by atoms with Crippen LogP contribution in [0.5, 0.6) is 17.2 Å². The molecule has 0 spiro atoms. The summed E-state index contributed by atoms with van der Waals surface area (Å²) >= 11 is 0. The Morgan fingerprint density at radius 2 is 1.67 bits per heavy atom. The molecule has 1 aliphatic rings. The molecule has 132 valence electrons. The van der Waals surface area contributed by atoms with Crippen LogP contribution in [0.1, 0.15) is 31.2 Å². The third kappa shape index (κ3) is 4.64. The van der Waals surface area contributed by atoms with E-state index in [9.17, 15) is 9.90 Å². The molecule has 0 atom stereocenters. The SMILES string of the molecule is COc1cc(C=CC(=O)NC2CCC(O)CC2)cc(OC)c1OC.